The molecule has 146 valence electrons. The van der Waals surface area contributed by atoms with Crippen LogP contribution in [0.2, 0.25) is 10.0 Å². The smallest absolute Gasteiger partial charge is 0.244 e. The van der Waals surface area contributed by atoms with Gasteiger partial charge in [-0.3, -0.25) is 9.10 Å². The number of nitrogens with one attached hydrogen (secondary N) is 1. The zero-order valence-electron chi connectivity index (χ0n) is 14.9. The number of nitrogens with zero attached hydrogens (tertiary/aromatic N) is 1. The summed E-state index contributed by atoms with van der Waals surface area (Å²) in [4.78, 5) is 12.7. The fourth-order valence-electron chi connectivity index (χ4n) is 2.64. The average molecular weight is 433 g/mol. The maximum atomic E-state index is 13.0. The molecule has 2 rings (SSSR count). The summed E-state index contributed by atoms with van der Waals surface area (Å²) < 4.78 is 38.6. The Bertz CT molecular complexity index is 916. The van der Waals surface area contributed by atoms with Crippen LogP contribution in [0.4, 0.5) is 10.1 Å². The Balaban J connectivity index is 2.28. The van der Waals surface area contributed by atoms with Crippen molar-refractivity contribution in [2.24, 2.45) is 0 Å². The van der Waals surface area contributed by atoms with Crippen LogP contribution in [0.1, 0.15) is 25.5 Å². The lowest BCUT2D eigenvalue weighted by molar-refractivity contribution is -0.122. The topological polar surface area (TPSA) is 66.5 Å². The van der Waals surface area contributed by atoms with Crippen molar-refractivity contribution in [3.8, 4) is 0 Å². The van der Waals surface area contributed by atoms with Gasteiger partial charge in [-0.1, -0.05) is 35.3 Å². The molecule has 0 saturated heterocycles. The van der Waals surface area contributed by atoms with E-state index in [4.69, 9.17) is 23.2 Å². The molecular weight excluding hydrogens is 414 g/mol. The van der Waals surface area contributed by atoms with E-state index in [0.717, 1.165) is 10.6 Å². The van der Waals surface area contributed by atoms with Crippen molar-refractivity contribution in [3.63, 3.8) is 0 Å². The highest BCUT2D eigenvalue weighted by molar-refractivity contribution is 7.92. The monoisotopic (exact) mass is 432 g/mol. The fourth-order valence-corrected chi connectivity index (χ4v) is 4.32. The molecular formula is C18H19Cl2FN2O3S. The second kappa shape index (κ2) is 8.46. The van der Waals surface area contributed by atoms with Crippen molar-refractivity contribution in [2.75, 3.05) is 10.6 Å². The Morgan fingerprint density at radius 3 is 2.07 bits per heavy atom. The van der Waals surface area contributed by atoms with Gasteiger partial charge in [0.05, 0.1) is 18.0 Å². The van der Waals surface area contributed by atoms with Crippen LogP contribution in [-0.2, 0) is 14.8 Å². The highest BCUT2D eigenvalue weighted by Gasteiger charge is 2.30. The van der Waals surface area contributed by atoms with Gasteiger partial charge in [-0.15, -0.1) is 0 Å². The average Bonchev–Trinajstić information content (AvgIpc) is 2.53. The van der Waals surface area contributed by atoms with Crippen molar-refractivity contribution in [1.29, 1.82) is 0 Å². The molecule has 0 aromatic heterocycles. The molecule has 2 aromatic carbocycles. The standard InChI is InChI=1S/C18H19Cl2FN2O3S/c1-11(13-4-6-16(21)7-5-13)22-18(24)12(2)23(27(3,25)26)17-9-14(19)8-15(20)10-17/h4-12H,1-3H3,(H,22,24)/t11-,12+/m0/s1. The first-order valence-electron chi connectivity index (χ1n) is 8.00. The lowest BCUT2D eigenvalue weighted by Crippen LogP contribution is -2.48. The Kier molecular flexibility index (Phi) is 6.72. The molecule has 0 aliphatic heterocycles. The molecule has 0 saturated carbocycles. The molecule has 0 fully saturated rings. The molecule has 5 nitrogen and oxygen atoms in total. The number of carbonyl (C=O) groups is 1. The van der Waals surface area contributed by atoms with E-state index in [1.807, 2.05) is 0 Å². The molecule has 1 N–H and O–H groups in total. The third kappa shape index (κ3) is 5.57. The zero-order valence-corrected chi connectivity index (χ0v) is 17.2. The number of benzene rings is 2. The van der Waals surface area contributed by atoms with Crippen molar-refractivity contribution in [2.45, 2.75) is 25.9 Å². The largest absolute Gasteiger partial charge is 0.348 e. The molecule has 27 heavy (non-hydrogen) atoms. The van der Waals surface area contributed by atoms with E-state index < -0.39 is 28.0 Å². The van der Waals surface area contributed by atoms with E-state index in [1.165, 1.54) is 37.3 Å². The Labute approximate surface area is 168 Å². The first-order chi connectivity index (χ1) is 12.5. The highest BCUT2D eigenvalue weighted by atomic mass is 35.5. The lowest BCUT2D eigenvalue weighted by Gasteiger charge is -2.29. The van der Waals surface area contributed by atoms with Gasteiger partial charge >= 0.3 is 0 Å². The molecule has 0 heterocycles. The molecule has 2 aromatic rings. The van der Waals surface area contributed by atoms with Crippen LogP contribution in [0.25, 0.3) is 0 Å². The molecule has 0 radical (unpaired) electrons. The molecule has 2 atom stereocenters. The summed E-state index contributed by atoms with van der Waals surface area (Å²) in [7, 11) is -3.80. The summed E-state index contributed by atoms with van der Waals surface area (Å²) in [5.74, 6) is -0.903. The number of carbonyl (C=O) groups excluding carboxylic acids is 1. The molecule has 1 amide bonds. The van der Waals surface area contributed by atoms with Crippen LogP contribution in [0.5, 0.6) is 0 Å². The van der Waals surface area contributed by atoms with Crippen molar-refractivity contribution in [1.82, 2.24) is 5.32 Å². The van der Waals surface area contributed by atoms with E-state index in [9.17, 15) is 17.6 Å². The van der Waals surface area contributed by atoms with Gasteiger partial charge in [0.25, 0.3) is 0 Å². The van der Waals surface area contributed by atoms with Crippen molar-refractivity contribution < 1.29 is 17.6 Å². The van der Waals surface area contributed by atoms with Gasteiger partial charge in [-0.2, -0.15) is 0 Å². The van der Waals surface area contributed by atoms with Crippen molar-refractivity contribution >= 4 is 44.8 Å². The number of sulfonamides is 1. The minimum atomic E-state index is -3.80. The molecule has 9 heteroatoms. The minimum absolute atomic E-state index is 0.187. The molecule has 0 aliphatic carbocycles. The van der Waals surface area contributed by atoms with E-state index in [0.29, 0.717) is 5.56 Å². The summed E-state index contributed by atoms with van der Waals surface area (Å²) in [5, 5.41) is 3.23. The minimum Gasteiger partial charge on any atom is -0.348 e. The van der Waals surface area contributed by atoms with Gasteiger partial charge in [0.15, 0.2) is 0 Å². The summed E-state index contributed by atoms with van der Waals surface area (Å²) in [6.07, 6.45) is 0.995. The SMILES string of the molecule is C[C@H](NC(=O)[C@@H](C)N(c1cc(Cl)cc(Cl)c1)S(C)(=O)=O)c1ccc(F)cc1. The first-order valence-corrected chi connectivity index (χ1v) is 10.6. The summed E-state index contributed by atoms with van der Waals surface area (Å²) in [6.45, 7) is 3.18. The van der Waals surface area contributed by atoms with Gasteiger partial charge in [-0.25, -0.2) is 12.8 Å². The summed E-state index contributed by atoms with van der Waals surface area (Å²) in [6, 6.07) is 8.49. The summed E-state index contributed by atoms with van der Waals surface area (Å²) in [5.41, 5.74) is 0.876. The third-order valence-corrected chi connectivity index (χ3v) is 5.60. The Hall–Kier alpha value is -1.83. The van der Waals surface area contributed by atoms with Crippen LogP contribution in [0.15, 0.2) is 42.5 Å². The second-order valence-electron chi connectivity index (χ2n) is 6.14. The van der Waals surface area contributed by atoms with E-state index >= 15 is 0 Å². The van der Waals surface area contributed by atoms with Gasteiger partial charge in [-0.05, 0) is 49.7 Å². The van der Waals surface area contributed by atoms with E-state index in [2.05, 4.69) is 5.32 Å². The molecule has 0 bridgehead atoms. The first kappa shape index (κ1) is 21.5. The Morgan fingerprint density at radius 2 is 1.59 bits per heavy atom. The van der Waals surface area contributed by atoms with Crippen molar-refractivity contribution in [3.05, 3.63) is 63.9 Å². The maximum absolute atomic E-state index is 13.0. The lowest BCUT2D eigenvalue weighted by atomic mass is 10.1. The third-order valence-electron chi connectivity index (χ3n) is 3.92. The van der Waals surface area contributed by atoms with Gasteiger partial charge in [0.1, 0.15) is 11.9 Å². The number of hydrogen-bond acceptors (Lipinski definition) is 3. The molecule has 0 aliphatic rings. The number of hydrogen-bond donors (Lipinski definition) is 1. The number of anilines is 1. The van der Waals surface area contributed by atoms with E-state index in [-0.39, 0.29) is 21.5 Å². The van der Waals surface area contributed by atoms with Crippen LogP contribution in [-0.4, -0.2) is 26.6 Å². The van der Waals surface area contributed by atoms with E-state index in [1.54, 1.807) is 19.1 Å². The molecule has 0 unspecified atom stereocenters. The van der Waals surface area contributed by atoms with Gasteiger partial charge in [0.2, 0.25) is 15.9 Å². The number of halogens is 3. The predicted molar refractivity (Wildman–Crippen MR) is 106 cm³/mol. The summed E-state index contributed by atoms with van der Waals surface area (Å²) >= 11 is 11.9. The van der Waals surface area contributed by atoms with Crippen LogP contribution in [0.3, 0.4) is 0 Å². The second-order valence-corrected chi connectivity index (χ2v) is 8.88. The highest BCUT2D eigenvalue weighted by Crippen LogP contribution is 2.28. The number of amides is 1. The zero-order chi connectivity index (χ0) is 20.4. The molecule has 0 spiro atoms. The number of rotatable bonds is 6. The van der Waals surface area contributed by atoms with Gasteiger partial charge < -0.3 is 5.32 Å². The maximum Gasteiger partial charge on any atom is 0.244 e. The quantitative estimate of drug-likeness (QED) is 0.744. The van der Waals surface area contributed by atoms with Gasteiger partial charge in [0, 0.05) is 10.0 Å². The van der Waals surface area contributed by atoms with Crippen LogP contribution in [0, 0.1) is 5.82 Å². The van der Waals surface area contributed by atoms with Crippen LogP contribution >= 0.6 is 23.2 Å². The fraction of sp³-hybridized carbons (Fsp3) is 0.278. The predicted octanol–water partition coefficient (Wildman–Crippen LogP) is 4.16. The van der Waals surface area contributed by atoms with Crippen LogP contribution < -0.4 is 9.62 Å². The normalized spacial score (nSPS) is 13.7. The Morgan fingerprint density at radius 1 is 1.07 bits per heavy atom.